The molecule has 0 aromatic heterocycles. The van der Waals surface area contributed by atoms with Crippen LogP contribution in [0.15, 0.2) is 48.5 Å². The van der Waals surface area contributed by atoms with Crippen molar-refractivity contribution < 1.29 is 12.8 Å². The molecule has 2 nitrogen and oxygen atoms in total. The SMILES string of the molecule is CC(C)(C)S(=O)(=O)Cc1ccc(CCc2ccccc2F)cc1. The average molecular weight is 334 g/mol. The maximum atomic E-state index is 13.6. The summed E-state index contributed by atoms with van der Waals surface area (Å²) in [6.07, 6.45) is 1.36. The fraction of sp³-hybridized carbons (Fsp3) is 0.368. The zero-order chi connectivity index (χ0) is 17.1. The van der Waals surface area contributed by atoms with E-state index in [0.717, 1.165) is 17.5 Å². The Morgan fingerprint density at radius 2 is 1.43 bits per heavy atom. The van der Waals surface area contributed by atoms with Crippen molar-refractivity contribution in [2.75, 3.05) is 0 Å². The highest BCUT2D eigenvalue weighted by Gasteiger charge is 2.28. The lowest BCUT2D eigenvalue weighted by atomic mass is 10.0. The monoisotopic (exact) mass is 334 g/mol. The van der Waals surface area contributed by atoms with Crippen molar-refractivity contribution in [3.8, 4) is 0 Å². The molecule has 4 heteroatoms. The molecule has 2 aromatic rings. The number of hydrogen-bond donors (Lipinski definition) is 0. The molecule has 0 atom stereocenters. The summed E-state index contributed by atoms with van der Waals surface area (Å²) >= 11 is 0. The normalized spacial score (nSPS) is 12.3. The molecule has 0 spiro atoms. The van der Waals surface area contributed by atoms with Gasteiger partial charge in [-0.1, -0.05) is 42.5 Å². The van der Waals surface area contributed by atoms with Crippen LogP contribution in [0.25, 0.3) is 0 Å². The molecule has 0 bridgehead atoms. The molecule has 0 heterocycles. The third-order valence-corrected chi connectivity index (χ3v) is 6.53. The summed E-state index contributed by atoms with van der Waals surface area (Å²) in [6.45, 7) is 5.14. The summed E-state index contributed by atoms with van der Waals surface area (Å²) in [5.41, 5.74) is 2.56. The van der Waals surface area contributed by atoms with Gasteiger partial charge in [0.2, 0.25) is 0 Å². The lowest BCUT2D eigenvalue weighted by Crippen LogP contribution is -2.29. The smallest absolute Gasteiger partial charge is 0.159 e. The predicted molar refractivity (Wildman–Crippen MR) is 92.6 cm³/mol. The van der Waals surface area contributed by atoms with Crippen molar-refractivity contribution in [2.24, 2.45) is 0 Å². The standard InChI is InChI=1S/C19H23FO2S/c1-19(2,3)23(21,22)14-16-10-8-15(9-11-16)12-13-17-6-4-5-7-18(17)20/h4-11H,12-14H2,1-3H3. The van der Waals surface area contributed by atoms with Crippen LogP contribution in [-0.2, 0) is 28.4 Å². The Balaban J connectivity index is 2.02. The van der Waals surface area contributed by atoms with Crippen LogP contribution < -0.4 is 0 Å². The predicted octanol–water partition coefficient (Wildman–Crippen LogP) is 4.32. The van der Waals surface area contributed by atoms with Gasteiger partial charge in [-0.2, -0.15) is 0 Å². The molecule has 0 radical (unpaired) electrons. The Morgan fingerprint density at radius 1 is 0.870 bits per heavy atom. The molecular formula is C19H23FO2S. The van der Waals surface area contributed by atoms with E-state index in [9.17, 15) is 12.8 Å². The molecule has 2 aromatic carbocycles. The molecule has 0 aliphatic rings. The lowest BCUT2D eigenvalue weighted by molar-refractivity contribution is 0.559. The molecule has 0 fully saturated rings. The lowest BCUT2D eigenvalue weighted by Gasteiger charge is -2.19. The van der Waals surface area contributed by atoms with Gasteiger partial charge in [0, 0.05) is 0 Å². The number of rotatable bonds is 5. The Morgan fingerprint density at radius 3 is 2.00 bits per heavy atom. The van der Waals surface area contributed by atoms with E-state index in [4.69, 9.17) is 0 Å². The van der Waals surface area contributed by atoms with Crippen molar-refractivity contribution in [3.63, 3.8) is 0 Å². The first kappa shape index (κ1) is 17.7. The van der Waals surface area contributed by atoms with Gasteiger partial charge in [0.25, 0.3) is 0 Å². The summed E-state index contributed by atoms with van der Waals surface area (Å²) in [5.74, 6) is -0.134. The number of aryl methyl sites for hydroxylation is 2. The van der Waals surface area contributed by atoms with E-state index in [-0.39, 0.29) is 11.6 Å². The van der Waals surface area contributed by atoms with Gasteiger partial charge in [-0.3, -0.25) is 0 Å². The first-order valence-electron chi connectivity index (χ1n) is 7.72. The number of halogens is 1. The highest BCUT2D eigenvalue weighted by Crippen LogP contribution is 2.21. The van der Waals surface area contributed by atoms with Crippen LogP contribution in [0.3, 0.4) is 0 Å². The molecule has 2 rings (SSSR count). The first-order valence-corrected chi connectivity index (χ1v) is 9.38. The summed E-state index contributed by atoms with van der Waals surface area (Å²) in [5, 5.41) is 0. The van der Waals surface area contributed by atoms with Gasteiger partial charge in [-0.25, -0.2) is 12.8 Å². The Hall–Kier alpha value is -1.68. The highest BCUT2D eigenvalue weighted by molar-refractivity contribution is 7.91. The maximum Gasteiger partial charge on any atom is 0.159 e. The fourth-order valence-corrected chi connectivity index (χ4v) is 3.28. The molecule has 0 N–H and O–H groups in total. The van der Waals surface area contributed by atoms with Crippen LogP contribution >= 0.6 is 0 Å². The third kappa shape index (κ3) is 4.64. The van der Waals surface area contributed by atoms with Crippen LogP contribution in [0.5, 0.6) is 0 Å². The minimum atomic E-state index is -3.17. The summed E-state index contributed by atoms with van der Waals surface area (Å²) in [7, 11) is -3.17. The van der Waals surface area contributed by atoms with Crippen molar-refractivity contribution in [1.29, 1.82) is 0 Å². The Labute approximate surface area is 138 Å². The van der Waals surface area contributed by atoms with Gasteiger partial charge in [0.15, 0.2) is 9.84 Å². The molecule has 23 heavy (non-hydrogen) atoms. The molecule has 0 aliphatic carbocycles. The molecule has 0 saturated carbocycles. The number of hydrogen-bond acceptors (Lipinski definition) is 2. The Kier molecular flexibility index (Phi) is 5.25. The van der Waals surface area contributed by atoms with E-state index < -0.39 is 14.6 Å². The third-order valence-electron chi connectivity index (χ3n) is 3.95. The summed E-state index contributed by atoms with van der Waals surface area (Å²) < 4.78 is 37.3. The molecule has 0 amide bonds. The van der Waals surface area contributed by atoms with Crippen LogP contribution in [0.4, 0.5) is 4.39 Å². The minimum Gasteiger partial charge on any atom is -0.228 e. The Bertz CT molecular complexity index is 757. The van der Waals surface area contributed by atoms with E-state index in [1.54, 1.807) is 32.9 Å². The highest BCUT2D eigenvalue weighted by atomic mass is 32.2. The second-order valence-electron chi connectivity index (χ2n) is 6.78. The summed E-state index contributed by atoms with van der Waals surface area (Å²) in [4.78, 5) is 0. The quantitative estimate of drug-likeness (QED) is 0.816. The van der Waals surface area contributed by atoms with Gasteiger partial charge < -0.3 is 0 Å². The number of benzene rings is 2. The zero-order valence-corrected chi connectivity index (χ0v) is 14.7. The topological polar surface area (TPSA) is 34.1 Å². The van der Waals surface area contributed by atoms with Crippen LogP contribution in [0, 0.1) is 5.82 Å². The number of sulfone groups is 1. The average Bonchev–Trinajstić information content (AvgIpc) is 2.46. The van der Waals surface area contributed by atoms with Gasteiger partial charge in [0.05, 0.1) is 10.5 Å². The van der Waals surface area contributed by atoms with Crippen molar-refractivity contribution in [1.82, 2.24) is 0 Å². The van der Waals surface area contributed by atoms with Gasteiger partial charge in [0.1, 0.15) is 5.82 Å². The first-order chi connectivity index (χ1) is 10.7. The summed E-state index contributed by atoms with van der Waals surface area (Å²) in [6, 6.07) is 14.3. The molecule has 0 aliphatic heterocycles. The molecule has 0 unspecified atom stereocenters. The zero-order valence-electron chi connectivity index (χ0n) is 13.8. The largest absolute Gasteiger partial charge is 0.228 e. The maximum absolute atomic E-state index is 13.6. The van der Waals surface area contributed by atoms with Crippen LogP contribution in [0.1, 0.15) is 37.5 Å². The van der Waals surface area contributed by atoms with E-state index in [2.05, 4.69) is 0 Å². The van der Waals surface area contributed by atoms with Crippen molar-refractivity contribution >= 4 is 9.84 Å². The van der Waals surface area contributed by atoms with Gasteiger partial charge >= 0.3 is 0 Å². The van der Waals surface area contributed by atoms with E-state index in [0.29, 0.717) is 12.0 Å². The van der Waals surface area contributed by atoms with Crippen LogP contribution in [0.2, 0.25) is 0 Å². The second-order valence-corrected chi connectivity index (χ2v) is 9.52. The molecular weight excluding hydrogens is 311 g/mol. The van der Waals surface area contributed by atoms with Gasteiger partial charge in [-0.15, -0.1) is 0 Å². The second kappa shape index (κ2) is 6.83. The minimum absolute atomic E-state index is 0.0457. The fourth-order valence-electron chi connectivity index (χ4n) is 2.22. The molecule has 0 saturated heterocycles. The van der Waals surface area contributed by atoms with Crippen molar-refractivity contribution in [2.45, 2.75) is 44.1 Å². The van der Waals surface area contributed by atoms with Crippen LogP contribution in [-0.4, -0.2) is 13.2 Å². The van der Waals surface area contributed by atoms with Crippen molar-refractivity contribution in [3.05, 3.63) is 71.0 Å². The molecule has 124 valence electrons. The van der Waals surface area contributed by atoms with Gasteiger partial charge in [-0.05, 0) is 56.4 Å². The van der Waals surface area contributed by atoms with E-state index in [1.165, 1.54) is 6.07 Å². The van der Waals surface area contributed by atoms with E-state index in [1.807, 2.05) is 30.3 Å². The van der Waals surface area contributed by atoms with E-state index >= 15 is 0 Å².